The molecule has 0 saturated carbocycles. The number of carbonyl (C=O) groups is 2. The van der Waals surface area contributed by atoms with E-state index in [0.29, 0.717) is 11.3 Å². The van der Waals surface area contributed by atoms with Crippen LogP contribution in [0.15, 0.2) is 24.3 Å². The number of anilines is 1. The maximum atomic E-state index is 12.4. The highest BCUT2D eigenvalue weighted by molar-refractivity contribution is 5.95. The molecule has 1 saturated heterocycles. The van der Waals surface area contributed by atoms with Crippen LogP contribution < -0.4 is 10.6 Å². The van der Waals surface area contributed by atoms with Crippen molar-refractivity contribution in [2.45, 2.75) is 19.9 Å². The molecule has 1 heterocycles. The van der Waals surface area contributed by atoms with Gasteiger partial charge in [0, 0.05) is 43.9 Å². The molecule has 2 amide bonds. The zero-order valence-electron chi connectivity index (χ0n) is 11.3. The summed E-state index contributed by atoms with van der Waals surface area (Å²) in [5, 5.41) is 5.95. The summed E-state index contributed by atoms with van der Waals surface area (Å²) in [6, 6.07) is 7.21. The first kappa shape index (κ1) is 13.5. The third kappa shape index (κ3) is 3.32. The second-order valence-corrected chi connectivity index (χ2v) is 4.81. The lowest BCUT2D eigenvalue weighted by atomic mass is 10.1. The van der Waals surface area contributed by atoms with Crippen LogP contribution in [0.3, 0.4) is 0 Å². The van der Waals surface area contributed by atoms with Gasteiger partial charge >= 0.3 is 0 Å². The van der Waals surface area contributed by atoms with Crippen LogP contribution in [0.1, 0.15) is 24.2 Å². The van der Waals surface area contributed by atoms with Crippen LogP contribution in [-0.2, 0) is 4.79 Å². The molecule has 1 aliphatic heterocycles. The molecule has 0 aromatic heterocycles. The summed E-state index contributed by atoms with van der Waals surface area (Å²) >= 11 is 0. The molecule has 0 unspecified atom stereocenters. The molecule has 1 atom stereocenters. The normalized spacial score (nSPS) is 19.1. The van der Waals surface area contributed by atoms with E-state index in [2.05, 4.69) is 10.6 Å². The lowest BCUT2D eigenvalue weighted by Crippen LogP contribution is -2.52. The monoisotopic (exact) mass is 261 g/mol. The fraction of sp³-hybridized carbons (Fsp3) is 0.429. The average molecular weight is 261 g/mol. The fourth-order valence-electron chi connectivity index (χ4n) is 2.21. The summed E-state index contributed by atoms with van der Waals surface area (Å²) in [5.74, 6) is -0.0711. The molecule has 1 aromatic rings. The molecule has 102 valence electrons. The third-order valence-corrected chi connectivity index (χ3v) is 3.21. The quantitative estimate of drug-likeness (QED) is 0.837. The van der Waals surface area contributed by atoms with E-state index in [4.69, 9.17) is 0 Å². The van der Waals surface area contributed by atoms with Crippen molar-refractivity contribution in [3.05, 3.63) is 29.8 Å². The Morgan fingerprint density at radius 3 is 2.58 bits per heavy atom. The van der Waals surface area contributed by atoms with Crippen molar-refractivity contribution in [3.63, 3.8) is 0 Å². The highest BCUT2D eigenvalue weighted by atomic mass is 16.2. The minimum atomic E-state index is -0.116. The Hall–Kier alpha value is -1.88. The van der Waals surface area contributed by atoms with Crippen LogP contribution in [0.5, 0.6) is 0 Å². The Morgan fingerprint density at radius 1 is 1.32 bits per heavy atom. The number of nitrogens with one attached hydrogen (secondary N) is 2. The second kappa shape index (κ2) is 5.84. The molecule has 0 spiro atoms. The molecule has 5 heteroatoms. The molecule has 2 rings (SSSR count). The topological polar surface area (TPSA) is 61.4 Å². The van der Waals surface area contributed by atoms with E-state index in [-0.39, 0.29) is 17.9 Å². The lowest BCUT2D eigenvalue weighted by Gasteiger charge is -2.34. The van der Waals surface area contributed by atoms with Crippen LogP contribution in [0.4, 0.5) is 5.69 Å². The Balaban J connectivity index is 2.08. The van der Waals surface area contributed by atoms with Crippen molar-refractivity contribution < 1.29 is 9.59 Å². The fourth-order valence-corrected chi connectivity index (χ4v) is 2.21. The van der Waals surface area contributed by atoms with Gasteiger partial charge in [-0.05, 0) is 31.2 Å². The zero-order valence-corrected chi connectivity index (χ0v) is 11.3. The number of nitrogens with zero attached hydrogens (tertiary/aromatic N) is 1. The van der Waals surface area contributed by atoms with Gasteiger partial charge in [0.15, 0.2) is 0 Å². The maximum Gasteiger partial charge on any atom is 0.254 e. The first-order valence-corrected chi connectivity index (χ1v) is 6.47. The van der Waals surface area contributed by atoms with Crippen molar-refractivity contribution in [2.75, 3.05) is 25.0 Å². The van der Waals surface area contributed by atoms with Gasteiger partial charge in [0.2, 0.25) is 5.91 Å². The minimum absolute atomic E-state index is 0.0448. The number of carbonyl (C=O) groups excluding carboxylic acids is 2. The van der Waals surface area contributed by atoms with Crippen molar-refractivity contribution in [1.29, 1.82) is 0 Å². The van der Waals surface area contributed by atoms with Crippen LogP contribution in [-0.4, -0.2) is 42.4 Å². The van der Waals surface area contributed by atoms with Gasteiger partial charge in [-0.25, -0.2) is 0 Å². The smallest absolute Gasteiger partial charge is 0.254 e. The highest BCUT2D eigenvalue weighted by Crippen LogP contribution is 2.14. The Bertz CT molecular complexity index is 470. The van der Waals surface area contributed by atoms with E-state index in [9.17, 15) is 9.59 Å². The number of amides is 2. The van der Waals surface area contributed by atoms with Crippen molar-refractivity contribution in [1.82, 2.24) is 10.2 Å². The van der Waals surface area contributed by atoms with Crippen LogP contribution in [0.25, 0.3) is 0 Å². The summed E-state index contributed by atoms with van der Waals surface area (Å²) in [4.78, 5) is 25.2. The minimum Gasteiger partial charge on any atom is -0.333 e. The summed E-state index contributed by atoms with van der Waals surface area (Å²) in [5.41, 5.74) is 1.36. The van der Waals surface area contributed by atoms with Crippen LogP contribution in [0, 0.1) is 0 Å². The van der Waals surface area contributed by atoms with Crippen LogP contribution in [0.2, 0.25) is 0 Å². The van der Waals surface area contributed by atoms with Gasteiger partial charge in [0.1, 0.15) is 0 Å². The van der Waals surface area contributed by atoms with Gasteiger partial charge in [0.05, 0.1) is 0 Å². The third-order valence-electron chi connectivity index (χ3n) is 3.21. The molecule has 1 aliphatic rings. The predicted molar refractivity (Wildman–Crippen MR) is 74.1 cm³/mol. The van der Waals surface area contributed by atoms with Gasteiger partial charge in [-0.2, -0.15) is 0 Å². The van der Waals surface area contributed by atoms with E-state index < -0.39 is 0 Å². The Morgan fingerprint density at radius 2 is 2.00 bits per heavy atom. The maximum absolute atomic E-state index is 12.4. The second-order valence-electron chi connectivity index (χ2n) is 4.81. The van der Waals surface area contributed by atoms with Gasteiger partial charge < -0.3 is 15.5 Å². The van der Waals surface area contributed by atoms with Crippen molar-refractivity contribution in [2.24, 2.45) is 0 Å². The SMILES string of the molecule is CC(=O)Nc1ccc(C(=O)N2CCNC[C@H]2C)cc1. The van der Waals surface area contributed by atoms with Gasteiger partial charge in [0.25, 0.3) is 5.91 Å². The first-order chi connectivity index (χ1) is 9.08. The summed E-state index contributed by atoms with van der Waals surface area (Å²) < 4.78 is 0. The lowest BCUT2D eigenvalue weighted by molar-refractivity contribution is -0.114. The Kier molecular flexibility index (Phi) is 4.16. The van der Waals surface area contributed by atoms with E-state index in [1.165, 1.54) is 6.92 Å². The molecule has 1 aromatic carbocycles. The predicted octanol–water partition coefficient (Wildman–Crippen LogP) is 1.08. The van der Waals surface area contributed by atoms with E-state index in [1.54, 1.807) is 24.3 Å². The number of rotatable bonds is 2. The molecule has 0 bridgehead atoms. The molecule has 5 nitrogen and oxygen atoms in total. The standard InChI is InChI=1S/C14H19N3O2/c1-10-9-15-7-8-17(10)14(19)12-3-5-13(6-4-12)16-11(2)18/h3-6,10,15H,7-9H2,1-2H3,(H,16,18)/t10-/m1/s1. The number of benzene rings is 1. The summed E-state index contributed by atoms with van der Waals surface area (Å²) in [7, 11) is 0. The van der Waals surface area contributed by atoms with Crippen LogP contribution >= 0.6 is 0 Å². The average Bonchev–Trinajstić information content (AvgIpc) is 2.39. The van der Waals surface area contributed by atoms with Gasteiger partial charge in [-0.15, -0.1) is 0 Å². The molecule has 19 heavy (non-hydrogen) atoms. The molecule has 0 radical (unpaired) electrons. The molecule has 1 fully saturated rings. The zero-order chi connectivity index (χ0) is 13.8. The number of hydrogen-bond donors (Lipinski definition) is 2. The van der Waals surface area contributed by atoms with E-state index >= 15 is 0 Å². The van der Waals surface area contributed by atoms with Gasteiger partial charge in [-0.1, -0.05) is 0 Å². The number of piperazine rings is 1. The molecular weight excluding hydrogens is 242 g/mol. The number of hydrogen-bond acceptors (Lipinski definition) is 3. The summed E-state index contributed by atoms with van der Waals surface area (Å²) in [6.07, 6.45) is 0. The highest BCUT2D eigenvalue weighted by Gasteiger charge is 2.23. The van der Waals surface area contributed by atoms with Crippen molar-refractivity contribution >= 4 is 17.5 Å². The summed E-state index contributed by atoms with van der Waals surface area (Å²) in [6.45, 7) is 5.89. The largest absolute Gasteiger partial charge is 0.333 e. The molecular formula is C14H19N3O2. The Labute approximate surface area is 113 Å². The molecule has 0 aliphatic carbocycles. The van der Waals surface area contributed by atoms with E-state index in [1.807, 2.05) is 11.8 Å². The van der Waals surface area contributed by atoms with Gasteiger partial charge in [-0.3, -0.25) is 9.59 Å². The first-order valence-electron chi connectivity index (χ1n) is 6.47. The van der Waals surface area contributed by atoms with Crippen molar-refractivity contribution in [3.8, 4) is 0 Å². The molecule has 2 N–H and O–H groups in total. The van der Waals surface area contributed by atoms with E-state index in [0.717, 1.165) is 19.6 Å².